The van der Waals surface area contributed by atoms with Gasteiger partial charge in [0.1, 0.15) is 0 Å². The minimum Gasteiger partial charge on any atom is -0.379 e. The van der Waals surface area contributed by atoms with Crippen LogP contribution in [-0.4, -0.2) is 33.6 Å². The van der Waals surface area contributed by atoms with E-state index in [-0.39, 0.29) is 9.52 Å². The quantitative estimate of drug-likeness (QED) is 0.556. The van der Waals surface area contributed by atoms with Crippen molar-refractivity contribution in [1.82, 2.24) is 0 Å². The Labute approximate surface area is 101 Å². The number of fused-ring (bicyclic) bond motifs is 1. The van der Waals surface area contributed by atoms with E-state index in [4.69, 9.17) is 9.47 Å². The van der Waals surface area contributed by atoms with Gasteiger partial charge in [0.2, 0.25) is 0 Å². The maximum Gasteiger partial charge on any atom is 0.0845 e. The molecule has 2 nitrogen and oxygen atoms in total. The Morgan fingerprint density at radius 3 is 2.88 bits per heavy atom. The molecule has 2 aliphatic heterocycles. The minimum atomic E-state index is -0.0577. The molecule has 3 fully saturated rings. The maximum atomic E-state index is 6.32. The zero-order chi connectivity index (χ0) is 11.0. The first kappa shape index (κ1) is 11.2. The van der Waals surface area contributed by atoms with Gasteiger partial charge in [0.25, 0.3) is 0 Å². The van der Waals surface area contributed by atoms with E-state index in [1.165, 1.54) is 44.6 Å². The molecule has 16 heavy (non-hydrogen) atoms. The van der Waals surface area contributed by atoms with E-state index >= 15 is 0 Å². The molecule has 2 heterocycles. The summed E-state index contributed by atoms with van der Waals surface area (Å²) in [6.45, 7) is 3.38. The molecule has 0 aromatic heterocycles. The van der Waals surface area contributed by atoms with Gasteiger partial charge in [-0.05, 0) is 44.4 Å². The molecule has 4 atom stereocenters. The van der Waals surface area contributed by atoms with E-state index in [0.717, 1.165) is 12.5 Å². The van der Waals surface area contributed by atoms with Crippen LogP contribution >= 0.6 is 0 Å². The number of hydrogen-bond donors (Lipinski definition) is 0. The standard InChI is InChI=1S/C13H24O2Si/c1-2-16-13(7-3-4-8-14-13)10-5-6-11-12(9-10)15-11/h10-12H,2-9,16H2,1H3. The summed E-state index contributed by atoms with van der Waals surface area (Å²) in [5.41, 5.74) is 0. The lowest BCUT2D eigenvalue weighted by Crippen LogP contribution is -2.50. The van der Waals surface area contributed by atoms with Crippen LogP contribution in [0, 0.1) is 5.92 Å². The molecule has 0 bridgehead atoms. The monoisotopic (exact) mass is 240 g/mol. The van der Waals surface area contributed by atoms with Gasteiger partial charge in [0, 0.05) is 6.61 Å². The summed E-state index contributed by atoms with van der Waals surface area (Å²) in [5.74, 6) is 0.836. The number of epoxide rings is 1. The summed E-state index contributed by atoms with van der Waals surface area (Å²) < 4.78 is 12.0. The van der Waals surface area contributed by atoms with Crippen molar-refractivity contribution >= 4 is 9.52 Å². The van der Waals surface area contributed by atoms with Crippen LogP contribution in [0.5, 0.6) is 0 Å². The van der Waals surface area contributed by atoms with Crippen LogP contribution in [0.1, 0.15) is 45.4 Å². The molecule has 0 amide bonds. The van der Waals surface area contributed by atoms with Gasteiger partial charge in [-0.3, -0.25) is 0 Å². The molecular weight excluding hydrogens is 216 g/mol. The topological polar surface area (TPSA) is 21.8 Å². The highest BCUT2D eigenvalue weighted by Crippen LogP contribution is 2.46. The number of rotatable bonds is 3. The second-order valence-corrected chi connectivity index (χ2v) is 8.54. The van der Waals surface area contributed by atoms with Crippen molar-refractivity contribution in [3.63, 3.8) is 0 Å². The first-order valence-corrected chi connectivity index (χ1v) is 8.84. The summed E-state index contributed by atoms with van der Waals surface area (Å²) in [5, 5.41) is 0.365. The van der Waals surface area contributed by atoms with Crippen LogP contribution in [0.3, 0.4) is 0 Å². The van der Waals surface area contributed by atoms with E-state index < -0.39 is 0 Å². The molecule has 3 heteroatoms. The fourth-order valence-electron chi connectivity index (χ4n) is 3.90. The molecule has 3 rings (SSSR count). The molecule has 0 spiro atoms. The fourth-order valence-corrected chi connectivity index (χ4v) is 6.32. The minimum absolute atomic E-state index is 0.0577. The van der Waals surface area contributed by atoms with Crippen LogP contribution in [0.25, 0.3) is 0 Å². The molecule has 3 aliphatic rings. The predicted octanol–water partition coefficient (Wildman–Crippen LogP) is 2.06. The summed E-state index contributed by atoms with van der Waals surface area (Å²) in [6, 6.07) is 1.39. The van der Waals surface area contributed by atoms with Crippen molar-refractivity contribution in [3.8, 4) is 0 Å². The van der Waals surface area contributed by atoms with Gasteiger partial charge in [-0.25, -0.2) is 0 Å². The van der Waals surface area contributed by atoms with E-state index in [0.29, 0.717) is 17.4 Å². The van der Waals surface area contributed by atoms with Crippen LogP contribution < -0.4 is 0 Å². The molecule has 92 valence electrons. The Bertz CT molecular complexity index is 245. The average molecular weight is 240 g/mol. The predicted molar refractivity (Wildman–Crippen MR) is 67.6 cm³/mol. The van der Waals surface area contributed by atoms with Gasteiger partial charge >= 0.3 is 0 Å². The van der Waals surface area contributed by atoms with Crippen LogP contribution in [-0.2, 0) is 9.47 Å². The van der Waals surface area contributed by atoms with Crippen molar-refractivity contribution in [1.29, 1.82) is 0 Å². The lowest BCUT2D eigenvalue weighted by Gasteiger charge is -2.44. The third kappa shape index (κ3) is 1.98. The second-order valence-electron chi connectivity index (χ2n) is 5.84. The normalized spacial score (nSPS) is 48.2. The molecule has 0 aromatic carbocycles. The van der Waals surface area contributed by atoms with Gasteiger partial charge in [-0.2, -0.15) is 0 Å². The van der Waals surface area contributed by atoms with Crippen LogP contribution in [0.15, 0.2) is 0 Å². The molecule has 0 N–H and O–H groups in total. The molecule has 2 saturated heterocycles. The summed E-state index contributed by atoms with van der Waals surface area (Å²) in [4.78, 5) is 0. The Kier molecular flexibility index (Phi) is 3.11. The zero-order valence-electron chi connectivity index (χ0n) is 10.4. The maximum absolute atomic E-state index is 6.32. The van der Waals surface area contributed by atoms with E-state index in [9.17, 15) is 0 Å². The van der Waals surface area contributed by atoms with Crippen LogP contribution in [0.2, 0.25) is 6.04 Å². The van der Waals surface area contributed by atoms with Gasteiger partial charge in [-0.15, -0.1) is 0 Å². The third-order valence-electron chi connectivity index (χ3n) is 4.81. The summed E-state index contributed by atoms with van der Waals surface area (Å²) in [7, 11) is -0.0577. The Balaban J connectivity index is 1.70. The average Bonchev–Trinajstić information content (AvgIpc) is 3.08. The second kappa shape index (κ2) is 4.43. The van der Waals surface area contributed by atoms with Gasteiger partial charge in [0.15, 0.2) is 0 Å². The first-order chi connectivity index (χ1) is 7.84. The molecule has 1 saturated carbocycles. The van der Waals surface area contributed by atoms with Crippen molar-refractivity contribution < 1.29 is 9.47 Å². The highest BCUT2D eigenvalue weighted by atomic mass is 28.2. The van der Waals surface area contributed by atoms with Crippen molar-refractivity contribution in [2.45, 2.75) is 68.9 Å². The smallest absolute Gasteiger partial charge is 0.0845 e. The largest absolute Gasteiger partial charge is 0.379 e. The SMILES string of the molecule is CC[SiH2]C1(C2CCC3OC3C2)CCCCO1. The van der Waals surface area contributed by atoms with Gasteiger partial charge < -0.3 is 9.47 Å². The van der Waals surface area contributed by atoms with Crippen molar-refractivity contribution in [2.75, 3.05) is 6.61 Å². The zero-order valence-corrected chi connectivity index (χ0v) is 11.8. The Morgan fingerprint density at radius 1 is 1.25 bits per heavy atom. The highest BCUT2D eigenvalue weighted by Gasteiger charge is 2.50. The highest BCUT2D eigenvalue weighted by molar-refractivity contribution is 6.39. The molecular formula is C13H24O2Si. The van der Waals surface area contributed by atoms with Crippen LogP contribution in [0.4, 0.5) is 0 Å². The lowest BCUT2D eigenvalue weighted by atomic mass is 9.82. The van der Waals surface area contributed by atoms with E-state index in [1.54, 1.807) is 0 Å². The number of hydrogen-bond acceptors (Lipinski definition) is 2. The lowest BCUT2D eigenvalue weighted by molar-refractivity contribution is -0.0657. The fraction of sp³-hybridized carbons (Fsp3) is 1.00. The van der Waals surface area contributed by atoms with Gasteiger partial charge in [-0.1, -0.05) is 13.0 Å². The molecule has 0 aromatic rings. The van der Waals surface area contributed by atoms with E-state index in [2.05, 4.69) is 6.92 Å². The Hall–Kier alpha value is 0.137. The third-order valence-corrected chi connectivity index (χ3v) is 7.29. The summed E-state index contributed by atoms with van der Waals surface area (Å²) >= 11 is 0. The number of ether oxygens (including phenoxy) is 2. The Morgan fingerprint density at radius 2 is 2.19 bits per heavy atom. The van der Waals surface area contributed by atoms with Crippen molar-refractivity contribution in [2.24, 2.45) is 5.92 Å². The first-order valence-electron chi connectivity index (χ1n) is 7.13. The summed E-state index contributed by atoms with van der Waals surface area (Å²) in [6.07, 6.45) is 9.28. The molecule has 1 aliphatic carbocycles. The molecule has 4 unspecified atom stereocenters. The molecule has 0 radical (unpaired) electrons. The van der Waals surface area contributed by atoms with Crippen molar-refractivity contribution in [3.05, 3.63) is 0 Å². The van der Waals surface area contributed by atoms with Gasteiger partial charge in [0.05, 0.1) is 27.0 Å². The van der Waals surface area contributed by atoms with E-state index in [1.807, 2.05) is 0 Å².